The number of nitrogens with one attached hydrogen (secondary N) is 1. The largest absolute Gasteiger partial charge is 0.378 e. The van der Waals surface area contributed by atoms with Gasteiger partial charge in [-0.2, -0.15) is 5.26 Å². The highest BCUT2D eigenvalue weighted by Crippen LogP contribution is 2.21. The van der Waals surface area contributed by atoms with Crippen LogP contribution < -0.4 is 11.1 Å². The van der Waals surface area contributed by atoms with Crippen molar-refractivity contribution in [1.29, 1.82) is 5.26 Å². The summed E-state index contributed by atoms with van der Waals surface area (Å²) in [6.45, 7) is 6.84. The van der Waals surface area contributed by atoms with E-state index in [2.05, 4.69) is 31.1 Å². The van der Waals surface area contributed by atoms with Crippen molar-refractivity contribution in [2.45, 2.75) is 26.3 Å². The third-order valence-corrected chi connectivity index (χ3v) is 3.00. The number of pyridine rings is 1. The van der Waals surface area contributed by atoms with Crippen LogP contribution in [-0.4, -0.2) is 17.1 Å². The molecule has 0 radical (unpaired) electrons. The van der Waals surface area contributed by atoms with E-state index in [1.165, 1.54) is 0 Å². The number of nitrogens with two attached hydrogens (primary N) is 1. The van der Waals surface area contributed by atoms with Gasteiger partial charge in [-0.3, -0.25) is 0 Å². The molecule has 1 aromatic rings. The first kappa shape index (κ1) is 12.5. The Labute approximate surface area is 96.5 Å². The molecule has 1 heterocycles. The zero-order valence-electron chi connectivity index (χ0n) is 9.99. The fraction of sp³-hybridized carbons (Fsp3) is 0.500. The van der Waals surface area contributed by atoms with Crippen LogP contribution in [0.3, 0.4) is 0 Å². The van der Waals surface area contributed by atoms with E-state index in [1.807, 2.05) is 12.1 Å². The highest BCUT2D eigenvalue weighted by Gasteiger charge is 2.26. The molecule has 1 rings (SSSR count). The molecule has 0 bridgehead atoms. The van der Waals surface area contributed by atoms with Gasteiger partial charge in [-0.1, -0.05) is 13.8 Å². The van der Waals surface area contributed by atoms with E-state index in [0.717, 1.165) is 5.69 Å². The number of nitriles is 1. The standard InChI is InChI=1S/C12H18N4/c1-9(2)12(3,8-14)16-10-4-5-15-11(6-10)7-13/h4-6,9H,8,14H2,1-3H3,(H,15,16). The average molecular weight is 218 g/mol. The highest BCUT2D eigenvalue weighted by molar-refractivity contribution is 5.48. The van der Waals surface area contributed by atoms with E-state index in [1.54, 1.807) is 12.3 Å². The monoisotopic (exact) mass is 218 g/mol. The minimum absolute atomic E-state index is 0.173. The molecule has 0 saturated heterocycles. The van der Waals surface area contributed by atoms with Crippen molar-refractivity contribution in [3.63, 3.8) is 0 Å². The van der Waals surface area contributed by atoms with Crippen molar-refractivity contribution >= 4 is 5.69 Å². The molecule has 0 aliphatic carbocycles. The predicted octanol–water partition coefficient (Wildman–Crippen LogP) is 1.74. The molecule has 0 aromatic carbocycles. The first-order chi connectivity index (χ1) is 7.51. The Morgan fingerprint density at radius 2 is 2.31 bits per heavy atom. The molecule has 0 fully saturated rings. The van der Waals surface area contributed by atoms with Gasteiger partial charge in [0.15, 0.2) is 0 Å². The van der Waals surface area contributed by atoms with E-state index < -0.39 is 0 Å². The van der Waals surface area contributed by atoms with Crippen molar-refractivity contribution in [2.75, 3.05) is 11.9 Å². The molecule has 0 spiro atoms. The molecule has 4 nitrogen and oxygen atoms in total. The summed E-state index contributed by atoms with van der Waals surface area (Å²) in [7, 11) is 0. The second-order valence-electron chi connectivity index (χ2n) is 4.44. The Hall–Kier alpha value is -1.60. The van der Waals surface area contributed by atoms with Gasteiger partial charge >= 0.3 is 0 Å². The van der Waals surface area contributed by atoms with Gasteiger partial charge < -0.3 is 11.1 Å². The van der Waals surface area contributed by atoms with Crippen molar-refractivity contribution in [3.8, 4) is 6.07 Å². The molecule has 0 saturated carbocycles. The van der Waals surface area contributed by atoms with Crippen LogP contribution in [0.25, 0.3) is 0 Å². The van der Waals surface area contributed by atoms with Gasteiger partial charge in [-0.25, -0.2) is 4.98 Å². The third-order valence-electron chi connectivity index (χ3n) is 3.00. The van der Waals surface area contributed by atoms with Gasteiger partial charge in [0.05, 0.1) is 0 Å². The molecule has 4 heteroatoms. The summed E-state index contributed by atoms with van der Waals surface area (Å²) in [5.41, 5.74) is 6.90. The van der Waals surface area contributed by atoms with Crippen molar-refractivity contribution in [3.05, 3.63) is 24.0 Å². The summed E-state index contributed by atoms with van der Waals surface area (Å²) in [6.07, 6.45) is 1.62. The lowest BCUT2D eigenvalue weighted by molar-refractivity contribution is 0.382. The van der Waals surface area contributed by atoms with Crippen LogP contribution in [0.5, 0.6) is 0 Å². The molecule has 0 amide bonds. The number of anilines is 1. The summed E-state index contributed by atoms with van der Waals surface area (Å²) < 4.78 is 0. The Kier molecular flexibility index (Phi) is 3.86. The highest BCUT2D eigenvalue weighted by atomic mass is 15.0. The third kappa shape index (κ3) is 2.71. The summed E-state index contributed by atoms with van der Waals surface area (Å²) in [5, 5.41) is 12.1. The van der Waals surface area contributed by atoms with E-state index >= 15 is 0 Å². The first-order valence-electron chi connectivity index (χ1n) is 5.36. The fourth-order valence-electron chi connectivity index (χ4n) is 1.33. The lowest BCUT2D eigenvalue weighted by atomic mass is 9.88. The van der Waals surface area contributed by atoms with Gasteiger partial charge in [0, 0.05) is 24.0 Å². The van der Waals surface area contributed by atoms with Crippen molar-refractivity contribution in [2.24, 2.45) is 11.7 Å². The Morgan fingerprint density at radius 1 is 1.62 bits per heavy atom. The number of hydrogen-bond donors (Lipinski definition) is 2. The van der Waals surface area contributed by atoms with Crippen LogP contribution in [0.2, 0.25) is 0 Å². The summed E-state index contributed by atoms with van der Waals surface area (Å²) in [5.74, 6) is 0.399. The minimum Gasteiger partial charge on any atom is -0.378 e. The maximum absolute atomic E-state index is 8.76. The van der Waals surface area contributed by atoms with Crippen LogP contribution in [0.1, 0.15) is 26.5 Å². The number of rotatable bonds is 4. The van der Waals surface area contributed by atoms with E-state index in [-0.39, 0.29) is 5.54 Å². The molecule has 0 aliphatic heterocycles. The zero-order chi connectivity index (χ0) is 12.2. The molecular weight excluding hydrogens is 200 g/mol. The number of hydrogen-bond acceptors (Lipinski definition) is 4. The zero-order valence-corrected chi connectivity index (χ0v) is 9.99. The van der Waals surface area contributed by atoms with Crippen LogP contribution in [0.4, 0.5) is 5.69 Å². The van der Waals surface area contributed by atoms with E-state index in [0.29, 0.717) is 18.2 Å². The van der Waals surface area contributed by atoms with Crippen LogP contribution in [0.15, 0.2) is 18.3 Å². The fourth-order valence-corrected chi connectivity index (χ4v) is 1.33. The lowest BCUT2D eigenvalue weighted by Crippen LogP contribution is -2.47. The molecule has 1 atom stereocenters. The van der Waals surface area contributed by atoms with Crippen molar-refractivity contribution < 1.29 is 0 Å². The minimum atomic E-state index is -0.173. The Morgan fingerprint density at radius 3 is 2.81 bits per heavy atom. The molecule has 3 N–H and O–H groups in total. The summed E-state index contributed by atoms with van der Waals surface area (Å²) >= 11 is 0. The topological polar surface area (TPSA) is 74.7 Å². The summed E-state index contributed by atoms with van der Waals surface area (Å²) in [6, 6.07) is 5.59. The van der Waals surface area contributed by atoms with Gasteiger partial charge in [0.2, 0.25) is 0 Å². The normalized spacial score (nSPS) is 14.2. The Bertz CT molecular complexity index is 394. The SMILES string of the molecule is CC(C)C(C)(CN)Nc1ccnc(C#N)c1. The van der Waals surface area contributed by atoms with Gasteiger partial charge in [-0.05, 0) is 25.0 Å². The predicted molar refractivity (Wildman–Crippen MR) is 64.9 cm³/mol. The smallest absolute Gasteiger partial charge is 0.142 e. The van der Waals surface area contributed by atoms with Crippen LogP contribution in [-0.2, 0) is 0 Å². The molecule has 1 unspecified atom stereocenters. The molecule has 86 valence electrons. The molecule has 1 aromatic heterocycles. The van der Waals surface area contributed by atoms with Crippen LogP contribution >= 0.6 is 0 Å². The first-order valence-corrected chi connectivity index (χ1v) is 5.36. The maximum Gasteiger partial charge on any atom is 0.142 e. The molecule has 0 aliphatic rings. The second-order valence-corrected chi connectivity index (χ2v) is 4.44. The molecule has 16 heavy (non-hydrogen) atoms. The maximum atomic E-state index is 8.76. The van der Waals surface area contributed by atoms with Gasteiger partial charge in [0.25, 0.3) is 0 Å². The summed E-state index contributed by atoms with van der Waals surface area (Å²) in [4.78, 5) is 3.93. The molecular formula is C12H18N4. The average Bonchev–Trinajstić information content (AvgIpc) is 2.29. The lowest BCUT2D eigenvalue weighted by Gasteiger charge is -2.34. The van der Waals surface area contributed by atoms with Gasteiger partial charge in [0.1, 0.15) is 11.8 Å². The van der Waals surface area contributed by atoms with Gasteiger partial charge in [-0.15, -0.1) is 0 Å². The quantitative estimate of drug-likeness (QED) is 0.807. The second kappa shape index (κ2) is 4.95. The van der Waals surface area contributed by atoms with Crippen LogP contribution in [0, 0.1) is 17.2 Å². The number of nitrogens with zero attached hydrogens (tertiary/aromatic N) is 2. The Balaban J connectivity index is 2.91. The van der Waals surface area contributed by atoms with Crippen molar-refractivity contribution in [1.82, 2.24) is 4.98 Å². The number of aromatic nitrogens is 1. The van der Waals surface area contributed by atoms with E-state index in [9.17, 15) is 0 Å². The van der Waals surface area contributed by atoms with E-state index in [4.69, 9.17) is 11.0 Å².